The maximum absolute atomic E-state index is 4.86. The average molecular weight is 1170 g/mol. The molecule has 0 fully saturated rings. The Hall–Kier alpha value is -7.58. The van der Waals surface area contributed by atoms with Crippen molar-refractivity contribution in [1.29, 1.82) is 0 Å². The van der Waals surface area contributed by atoms with Crippen LogP contribution >= 0.6 is 46.1 Å². The third-order valence-electron chi connectivity index (χ3n) is 7.62. The van der Waals surface area contributed by atoms with E-state index in [4.69, 9.17) is 4.42 Å². The smallest absolute Gasteiger partial charge is 0.223 e. The molecule has 0 saturated carbocycles. The van der Waals surface area contributed by atoms with E-state index in [1.807, 2.05) is 125 Å². The second-order valence-electron chi connectivity index (χ2n) is 14.7. The predicted molar refractivity (Wildman–Crippen MR) is 307 cm³/mol. The van der Waals surface area contributed by atoms with Crippen molar-refractivity contribution >= 4 is 58.2 Å². The van der Waals surface area contributed by atoms with Gasteiger partial charge >= 0.3 is 0 Å². The highest BCUT2D eigenvalue weighted by molar-refractivity contribution is 7.11. The molecule has 11 rings (SSSR count). The van der Waals surface area contributed by atoms with Gasteiger partial charge in [0.05, 0.1) is 29.7 Å². The highest BCUT2D eigenvalue weighted by Gasteiger charge is 1.96. The van der Waals surface area contributed by atoms with E-state index in [0.717, 1.165) is 84.1 Å². The van der Waals surface area contributed by atoms with Crippen LogP contribution in [0.4, 0.5) is 0 Å². The molecule has 0 unspecified atom stereocenters. The first-order chi connectivity index (χ1) is 37.4. The molecular weight excluding hydrogens is 1090 g/mol. The molecule has 1 aliphatic rings. The van der Waals surface area contributed by atoms with Crippen molar-refractivity contribution in [2.24, 2.45) is 9.98 Å². The minimum Gasteiger partial charge on any atom is -0.426 e. The number of rotatable bonds is 0. The van der Waals surface area contributed by atoms with E-state index in [1.54, 1.807) is 59.1 Å². The van der Waals surface area contributed by atoms with Crippen molar-refractivity contribution in [2.45, 2.75) is 166 Å². The van der Waals surface area contributed by atoms with Gasteiger partial charge in [0.1, 0.15) is 66.7 Å². The summed E-state index contributed by atoms with van der Waals surface area (Å²) in [5.41, 5.74) is 4.68. The standard InChI is InChI=1S/5C4H6N2O.4C4H6N2S.C4H6N2.C3H5N3.2C2H6/c1-3-5-6-4(2)7-3;2*1-3-5-4(2)7-6-3;1-3-4(2)7-6-5-3;1-3-4(2)6-7-5-3;1-3-5-6-4(2)7-3;2*1-3-5-4(2)7-6-3;1-3-4(2)6-7-5-3;1-4-5-2-3-6-4;1-3-4-2-5-6-3;2*1-2/h9*1-2H3;2H,3H2,1H3;2H,1H3,(H,4,5,6);2*1-2H3. The summed E-state index contributed by atoms with van der Waals surface area (Å²) >= 11 is 5.77. The molecule has 10 aromatic rings. The van der Waals surface area contributed by atoms with Crippen LogP contribution in [-0.2, 0) is 0 Å². The van der Waals surface area contributed by atoms with E-state index in [1.165, 1.54) is 41.1 Å². The number of amidine groups is 1. The first kappa shape index (κ1) is 73.5. The van der Waals surface area contributed by atoms with Gasteiger partial charge in [0.25, 0.3) is 0 Å². The number of hydrogen-bond donors (Lipinski definition) is 1. The Morgan fingerprint density at radius 3 is 1.04 bits per heavy atom. The van der Waals surface area contributed by atoms with Gasteiger partial charge in [0, 0.05) is 39.2 Å². The highest BCUT2D eigenvalue weighted by atomic mass is 32.1. The maximum atomic E-state index is 4.86. The number of nitrogens with one attached hydrogen (secondary N) is 1. The third-order valence-corrected chi connectivity index (χ3v) is 10.5. The Kier molecular flexibility index (Phi) is 41.3. The van der Waals surface area contributed by atoms with Crippen LogP contribution in [0.1, 0.15) is 142 Å². The van der Waals surface area contributed by atoms with Gasteiger partial charge in [-0.2, -0.15) is 32.6 Å². The fraction of sp³-hybridized carbons (Fsp3) is 0.532. The van der Waals surface area contributed by atoms with Crippen molar-refractivity contribution in [3.63, 3.8) is 0 Å². The Bertz CT molecular complexity index is 2510. The Balaban J connectivity index is 0. The lowest BCUT2D eigenvalue weighted by molar-refractivity contribution is 0.302. The molecule has 1 N–H and O–H groups in total. The molecule has 28 nitrogen and oxygen atoms in total. The molecule has 0 spiro atoms. The number of hydrogen-bond acceptors (Lipinski definition) is 31. The molecule has 79 heavy (non-hydrogen) atoms. The number of aromatic amines is 1. The molecule has 0 atom stereocenters. The molecule has 0 aliphatic carbocycles. The van der Waals surface area contributed by atoms with Gasteiger partial charge < -0.3 is 18.0 Å². The van der Waals surface area contributed by atoms with E-state index >= 15 is 0 Å². The fourth-order valence-corrected chi connectivity index (χ4v) is 5.97. The van der Waals surface area contributed by atoms with Gasteiger partial charge in [-0.05, 0) is 134 Å². The van der Waals surface area contributed by atoms with Gasteiger partial charge in [-0.25, -0.2) is 24.6 Å². The Labute approximate surface area is 478 Å². The highest BCUT2D eigenvalue weighted by Crippen LogP contribution is 2.04. The van der Waals surface area contributed by atoms with Gasteiger partial charge in [-0.1, -0.05) is 48.3 Å². The maximum Gasteiger partial charge on any atom is 0.223 e. The number of aryl methyl sites for hydroxylation is 19. The van der Waals surface area contributed by atoms with Crippen LogP contribution in [0, 0.1) is 132 Å². The summed E-state index contributed by atoms with van der Waals surface area (Å²) in [6.07, 6.45) is 3.28. The van der Waals surface area contributed by atoms with Crippen LogP contribution in [-0.4, -0.2) is 123 Å². The summed E-state index contributed by atoms with van der Waals surface area (Å²) in [6.45, 7) is 46.0. The van der Waals surface area contributed by atoms with Crippen molar-refractivity contribution < 1.29 is 22.6 Å². The summed E-state index contributed by atoms with van der Waals surface area (Å²) in [5, 5.41) is 46.2. The molecule has 11 heterocycles. The zero-order valence-corrected chi connectivity index (χ0v) is 53.1. The van der Waals surface area contributed by atoms with E-state index < -0.39 is 0 Å². The molecule has 0 amide bonds. The van der Waals surface area contributed by atoms with E-state index in [-0.39, 0.29) is 0 Å². The zero-order valence-electron chi connectivity index (χ0n) is 49.9. The van der Waals surface area contributed by atoms with Gasteiger partial charge in [-0.15, -0.1) is 36.8 Å². The van der Waals surface area contributed by atoms with Crippen molar-refractivity contribution in [3.05, 3.63) is 113 Å². The summed E-state index contributed by atoms with van der Waals surface area (Å²) < 4.78 is 38.8. The van der Waals surface area contributed by atoms with Gasteiger partial charge in [-0.3, -0.25) is 10.1 Å². The monoisotopic (exact) mass is 1170 g/mol. The van der Waals surface area contributed by atoms with Crippen LogP contribution in [0.15, 0.2) is 38.9 Å². The minimum atomic E-state index is 0.623. The largest absolute Gasteiger partial charge is 0.426 e. The normalized spacial score (nSPS) is 9.75. The second-order valence-corrected chi connectivity index (χ2v) is 18.5. The van der Waals surface area contributed by atoms with Gasteiger partial charge in [0.15, 0.2) is 17.4 Å². The Morgan fingerprint density at radius 2 is 0.924 bits per heavy atom. The molecular formula is C47H77N23O5S4. The first-order valence-electron chi connectivity index (χ1n) is 24.2. The van der Waals surface area contributed by atoms with Crippen LogP contribution in [0.2, 0.25) is 0 Å². The summed E-state index contributed by atoms with van der Waals surface area (Å²) in [4.78, 5) is 27.2. The van der Waals surface area contributed by atoms with E-state index in [9.17, 15) is 0 Å². The predicted octanol–water partition coefficient (Wildman–Crippen LogP) is 10.7. The molecule has 0 radical (unpaired) electrons. The van der Waals surface area contributed by atoms with Gasteiger partial charge in [0.2, 0.25) is 23.6 Å². The first-order valence-corrected chi connectivity index (χ1v) is 27.3. The van der Waals surface area contributed by atoms with Crippen LogP contribution in [0.3, 0.4) is 0 Å². The second kappa shape index (κ2) is 44.4. The SMILES string of the molecule is CC.CC.CC1=NCC=N1.Cc1ncn[nH]1.Cc1nnc(C)o1.Cc1nnc(C)s1.Cc1nnoc1C.Cc1noc(C)n1.Cc1noc(C)n1.Cc1nonc1C.Cc1nsc(C)n1.Cc1nsc(C)n1.Cc1nsnc1C. The molecule has 32 heteroatoms. The average Bonchev–Trinajstić information content (AvgIpc) is 4.23. The molecule has 1 aliphatic heterocycles. The lowest BCUT2D eigenvalue weighted by Crippen LogP contribution is -1.73. The summed E-state index contributed by atoms with van der Waals surface area (Å²) in [6, 6.07) is 0. The molecule has 10 aromatic heterocycles. The minimum absolute atomic E-state index is 0.623. The number of aromatic nitrogens is 21. The Morgan fingerprint density at radius 1 is 0.456 bits per heavy atom. The topological polar surface area (TPSA) is 364 Å². The van der Waals surface area contributed by atoms with E-state index in [2.05, 4.69) is 132 Å². The third kappa shape index (κ3) is 40.3. The van der Waals surface area contributed by atoms with Crippen molar-refractivity contribution in [1.82, 2.24) is 104 Å². The lowest BCUT2D eigenvalue weighted by atomic mass is 10.4. The van der Waals surface area contributed by atoms with Crippen LogP contribution in [0.5, 0.6) is 0 Å². The quantitative estimate of drug-likeness (QED) is 0.147. The lowest BCUT2D eigenvalue weighted by Gasteiger charge is -1.75. The summed E-state index contributed by atoms with van der Waals surface area (Å²) in [7, 11) is 0. The fourth-order valence-electron chi connectivity index (χ4n) is 3.88. The molecule has 0 saturated heterocycles. The number of H-pyrrole nitrogens is 1. The molecule has 0 aromatic carbocycles. The molecule has 0 bridgehead atoms. The number of nitrogens with zero attached hydrogens (tertiary/aromatic N) is 22. The van der Waals surface area contributed by atoms with E-state index in [0.29, 0.717) is 35.2 Å². The van der Waals surface area contributed by atoms with Crippen LogP contribution in [0.25, 0.3) is 0 Å². The van der Waals surface area contributed by atoms with Crippen molar-refractivity contribution in [3.8, 4) is 0 Å². The molecule has 434 valence electrons. The van der Waals surface area contributed by atoms with Crippen molar-refractivity contribution in [2.75, 3.05) is 6.54 Å². The zero-order chi connectivity index (χ0) is 60.3. The number of aliphatic imine (C=N–C) groups is 2. The summed E-state index contributed by atoms with van der Waals surface area (Å²) in [5.74, 6) is 8.18. The van der Waals surface area contributed by atoms with Crippen LogP contribution < -0.4 is 0 Å².